The third-order valence-electron chi connectivity index (χ3n) is 5.82. The molecule has 0 bridgehead atoms. The van der Waals surface area contributed by atoms with E-state index in [4.69, 9.17) is 21.1 Å². The van der Waals surface area contributed by atoms with Crippen molar-refractivity contribution in [3.8, 4) is 5.75 Å². The van der Waals surface area contributed by atoms with Crippen molar-refractivity contribution in [3.05, 3.63) is 59.1 Å². The highest BCUT2D eigenvalue weighted by molar-refractivity contribution is 7.89. The minimum absolute atomic E-state index is 0.0576. The number of likely N-dealkylation sites (tertiary alicyclic amines) is 1. The number of carbonyl (C=O) groups is 2. The molecule has 1 N–H and O–H groups in total. The SMILES string of the molecule is CCOC(=O)C1CCN(C(=O)C(Cc2ccccc2)NS(=O)(=O)c2ccc(OCC)c(Cl)c2)CC1. The maximum atomic E-state index is 13.5. The maximum absolute atomic E-state index is 13.5. The minimum atomic E-state index is -4.06. The molecular formula is C25H31ClN2O6S. The zero-order valence-corrected chi connectivity index (χ0v) is 21.5. The van der Waals surface area contributed by atoms with E-state index in [9.17, 15) is 18.0 Å². The van der Waals surface area contributed by atoms with Crippen molar-refractivity contribution in [1.29, 1.82) is 0 Å². The standard InChI is InChI=1S/C25H31ClN2O6S/c1-3-33-23-11-10-20(17-21(23)26)35(31,32)27-22(16-18-8-6-5-7-9-18)24(29)28-14-12-19(13-15-28)25(30)34-4-2/h5-11,17,19,22,27H,3-4,12-16H2,1-2H3. The molecule has 1 aliphatic heterocycles. The van der Waals surface area contributed by atoms with E-state index >= 15 is 0 Å². The maximum Gasteiger partial charge on any atom is 0.309 e. The third-order valence-corrected chi connectivity index (χ3v) is 7.58. The molecule has 190 valence electrons. The number of carbonyl (C=O) groups excluding carboxylic acids is 2. The van der Waals surface area contributed by atoms with Gasteiger partial charge in [0.1, 0.15) is 11.8 Å². The predicted octanol–water partition coefficient (Wildman–Crippen LogP) is 3.43. The van der Waals surface area contributed by atoms with Crippen LogP contribution < -0.4 is 9.46 Å². The molecule has 3 rings (SSSR count). The van der Waals surface area contributed by atoms with Gasteiger partial charge in [-0.15, -0.1) is 0 Å². The minimum Gasteiger partial charge on any atom is -0.492 e. The fourth-order valence-corrected chi connectivity index (χ4v) is 5.54. The summed E-state index contributed by atoms with van der Waals surface area (Å²) in [5.74, 6) is -0.464. The molecule has 0 aliphatic carbocycles. The first-order valence-electron chi connectivity index (χ1n) is 11.7. The second-order valence-corrected chi connectivity index (χ2v) is 10.4. The van der Waals surface area contributed by atoms with Crippen molar-refractivity contribution in [3.63, 3.8) is 0 Å². The lowest BCUT2D eigenvalue weighted by atomic mass is 9.96. The van der Waals surface area contributed by atoms with Crippen LogP contribution in [0.15, 0.2) is 53.4 Å². The lowest BCUT2D eigenvalue weighted by Gasteiger charge is -2.33. The number of nitrogens with zero attached hydrogens (tertiary/aromatic N) is 1. The van der Waals surface area contributed by atoms with Crippen LogP contribution in [0.25, 0.3) is 0 Å². The molecule has 1 unspecified atom stereocenters. The van der Waals surface area contributed by atoms with Gasteiger partial charge in [-0.1, -0.05) is 41.9 Å². The lowest BCUT2D eigenvalue weighted by Crippen LogP contribution is -2.52. The lowest BCUT2D eigenvalue weighted by molar-refractivity contribution is -0.151. The molecule has 0 radical (unpaired) electrons. The van der Waals surface area contributed by atoms with E-state index in [1.54, 1.807) is 18.7 Å². The largest absolute Gasteiger partial charge is 0.492 e. The van der Waals surface area contributed by atoms with E-state index in [1.165, 1.54) is 18.2 Å². The van der Waals surface area contributed by atoms with Gasteiger partial charge in [0.2, 0.25) is 15.9 Å². The van der Waals surface area contributed by atoms with Crippen LogP contribution in [0.5, 0.6) is 5.75 Å². The smallest absolute Gasteiger partial charge is 0.309 e. The zero-order chi connectivity index (χ0) is 25.4. The number of halogens is 1. The number of ether oxygens (including phenoxy) is 2. The van der Waals surface area contributed by atoms with Gasteiger partial charge in [0, 0.05) is 13.1 Å². The Bertz CT molecular complexity index is 1120. The summed E-state index contributed by atoms with van der Waals surface area (Å²) >= 11 is 6.20. The first-order valence-corrected chi connectivity index (χ1v) is 13.5. The summed E-state index contributed by atoms with van der Waals surface area (Å²) in [4.78, 5) is 27.1. The average Bonchev–Trinajstić information content (AvgIpc) is 2.85. The zero-order valence-electron chi connectivity index (χ0n) is 19.9. The molecule has 1 heterocycles. The summed E-state index contributed by atoms with van der Waals surface area (Å²) in [5.41, 5.74) is 0.819. The first-order chi connectivity index (χ1) is 16.7. The molecule has 35 heavy (non-hydrogen) atoms. The molecule has 2 aromatic rings. The van der Waals surface area contributed by atoms with Crippen molar-refractivity contribution in [2.75, 3.05) is 26.3 Å². The van der Waals surface area contributed by atoms with Crippen LogP contribution in [-0.2, 0) is 30.8 Å². The Morgan fingerprint density at radius 2 is 1.77 bits per heavy atom. The van der Waals surface area contributed by atoms with Crippen molar-refractivity contribution < 1.29 is 27.5 Å². The predicted molar refractivity (Wildman–Crippen MR) is 133 cm³/mol. The number of hydrogen-bond donors (Lipinski definition) is 1. The van der Waals surface area contributed by atoms with Crippen molar-refractivity contribution in [2.45, 2.75) is 44.0 Å². The number of sulfonamides is 1. The molecule has 0 spiro atoms. The van der Waals surface area contributed by atoms with Gasteiger partial charge in [-0.2, -0.15) is 4.72 Å². The number of esters is 1. The highest BCUT2D eigenvalue weighted by Crippen LogP contribution is 2.28. The van der Waals surface area contributed by atoms with Crippen LogP contribution in [0.4, 0.5) is 0 Å². The molecule has 1 saturated heterocycles. The van der Waals surface area contributed by atoms with E-state index in [0.717, 1.165) is 5.56 Å². The van der Waals surface area contributed by atoms with Gasteiger partial charge in [0.25, 0.3) is 0 Å². The quantitative estimate of drug-likeness (QED) is 0.480. The van der Waals surface area contributed by atoms with Crippen molar-refractivity contribution in [2.24, 2.45) is 5.92 Å². The molecule has 0 saturated carbocycles. The van der Waals surface area contributed by atoms with Gasteiger partial charge in [-0.3, -0.25) is 9.59 Å². The van der Waals surface area contributed by atoms with Gasteiger partial charge in [0.05, 0.1) is 29.0 Å². The summed E-state index contributed by atoms with van der Waals surface area (Å²) < 4.78 is 39.5. The Hall–Kier alpha value is -2.62. The van der Waals surface area contributed by atoms with Crippen molar-refractivity contribution in [1.82, 2.24) is 9.62 Å². The van der Waals surface area contributed by atoms with Crippen LogP contribution in [-0.4, -0.2) is 57.5 Å². The van der Waals surface area contributed by atoms with Gasteiger partial charge >= 0.3 is 5.97 Å². The van der Waals surface area contributed by atoms with E-state index in [-0.39, 0.29) is 34.1 Å². The molecule has 1 atom stereocenters. The summed E-state index contributed by atoms with van der Waals surface area (Å²) in [7, 11) is -4.06. The molecule has 1 amide bonds. The molecule has 2 aromatic carbocycles. The summed E-state index contributed by atoms with van der Waals surface area (Å²) in [6.45, 7) is 4.97. The fourth-order valence-electron chi connectivity index (χ4n) is 4.02. The number of hydrogen-bond acceptors (Lipinski definition) is 6. The highest BCUT2D eigenvalue weighted by atomic mass is 35.5. The summed E-state index contributed by atoms with van der Waals surface area (Å²) in [6, 6.07) is 12.4. The van der Waals surface area contributed by atoms with Gasteiger partial charge in [0.15, 0.2) is 0 Å². The second-order valence-electron chi connectivity index (χ2n) is 8.24. The third kappa shape index (κ3) is 7.19. The fraction of sp³-hybridized carbons (Fsp3) is 0.440. The monoisotopic (exact) mass is 522 g/mol. The Labute approximate surface area is 211 Å². The number of benzene rings is 2. The van der Waals surface area contributed by atoms with Crippen LogP contribution >= 0.6 is 11.6 Å². The van der Waals surface area contributed by atoms with Gasteiger partial charge < -0.3 is 14.4 Å². The number of amides is 1. The Morgan fingerprint density at radius 3 is 2.37 bits per heavy atom. The van der Waals surface area contributed by atoms with E-state index in [2.05, 4.69) is 4.72 Å². The summed E-state index contributed by atoms with van der Waals surface area (Å²) in [5, 5.41) is 0.168. The van der Waals surface area contributed by atoms with Crippen molar-refractivity contribution >= 4 is 33.5 Å². The Balaban J connectivity index is 1.79. The van der Waals surface area contributed by atoms with Crippen LogP contribution in [0, 0.1) is 5.92 Å². The molecule has 10 heteroatoms. The Kier molecular flexibility index (Phi) is 9.54. The highest BCUT2D eigenvalue weighted by Gasteiger charge is 2.34. The molecule has 1 aliphatic rings. The van der Waals surface area contributed by atoms with Crippen LogP contribution in [0.2, 0.25) is 5.02 Å². The van der Waals surface area contributed by atoms with Gasteiger partial charge in [-0.25, -0.2) is 8.42 Å². The molecule has 8 nitrogen and oxygen atoms in total. The first kappa shape index (κ1) is 27.0. The topological polar surface area (TPSA) is 102 Å². The molecule has 0 aromatic heterocycles. The molecular weight excluding hydrogens is 492 g/mol. The van der Waals surface area contributed by atoms with E-state index < -0.39 is 16.1 Å². The van der Waals surface area contributed by atoms with Crippen LogP contribution in [0.3, 0.4) is 0 Å². The molecule has 1 fully saturated rings. The normalized spacial score (nSPS) is 15.5. The van der Waals surface area contributed by atoms with Gasteiger partial charge in [-0.05, 0) is 56.9 Å². The number of rotatable bonds is 10. The summed E-state index contributed by atoms with van der Waals surface area (Å²) in [6.07, 6.45) is 1.13. The van der Waals surface area contributed by atoms with Crippen LogP contribution in [0.1, 0.15) is 32.3 Å². The number of nitrogens with one attached hydrogen (secondary N) is 1. The average molecular weight is 523 g/mol. The number of piperidine rings is 1. The Morgan fingerprint density at radius 1 is 1.09 bits per heavy atom. The van der Waals surface area contributed by atoms with E-state index in [1.807, 2.05) is 30.3 Å². The van der Waals surface area contributed by atoms with E-state index in [0.29, 0.717) is 44.9 Å². The second kappa shape index (κ2) is 12.4.